The van der Waals surface area contributed by atoms with Crippen molar-refractivity contribution in [3.63, 3.8) is 0 Å². The van der Waals surface area contributed by atoms with Crippen molar-refractivity contribution in [2.45, 2.75) is 52.4 Å². The van der Waals surface area contributed by atoms with E-state index in [2.05, 4.69) is 37.5 Å². The number of aliphatic hydroxyl groups is 4. The first-order valence-electron chi connectivity index (χ1n) is 9.88. The Balaban J connectivity index is 1.75. The smallest absolute Gasteiger partial charge is 0.168 e. The van der Waals surface area contributed by atoms with E-state index in [4.69, 9.17) is 9.84 Å². The maximum absolute atomic E-state index is 13.5. The first-order valence-corrected chi connectivity index (χ1v) is 9.88. The van der Waals surface area contributed by atoms with Crippen molar-refractivity contribution in [3.05, 3.63) is 0 Å². The number of aliphatic hydroxyl groups excluding tert-OH is 4. The van der Waals surface area contributed by atoms with Gasteiger partial charge in [0.2, 0.25) is 0 Å². The molecule has 0 saturated carbocycles. The summed E-state index contributed by atoms with van der Waals surface area (Å²) in [6, 6.07) is 0. The Morgan fingerprint density at radius 1 is 0.963 bits per heavy atom. The second kappa shape index (κ2) is 7.33. The van der Waals surface area contributed by atoms with E-state index in [9.17, 15) is 20.1 Å². The topological polar surface area (TPSA) is 114 Å². The van der Waals surface area contributed by atoms with Crippen LogP contribution in [0.25, 0.3) is 0 Å². The summed E-state index contributed by atoms with van der Waals surface area (Å²) in [7, 11) is 0. The minimum absolute atomic E-state index is 0.160. The van der Waals surface area contributed by atoms with Crippen LogP contribution in [0.4, 0.5) is 0 Å². The normalized spacial score (nSPS) is 41.4. The minimum atomic E-state index is -1.47. The fraction of sp³-hybridized carbons (Fsp3) is 0.947. The molecule has 156 valence electrons. The molecule has 4 aliphatic heterocycles. The van der Waals surface area contributed by atoms with Gasteiger partial charge in [-0.2, -0.15) is 0 Å². The number of carbonyl (C=O) groups is 1. The lowest BCUT2D eigenvalue weighted by atomic mass is 9.54. The largest absolute Gasteiger partial charge is 0.394 e. The molecule has 3 atom stereocenters. The highest BCUT2D eigenvalue weighted by Gasteiger charge is 2.67. The Morgan fingerprint density at radius 3 is 1.78 bits per heavy atom. The molecule has 4 fully saturated rings. The second-order valence-corrected chi connectivity index (χ2v) is 9.23. The van der Waals surface area contributed by atoms with Gasteiger partial charge in [-0.25, -0.2) is 0 Å². The highest BCUT2D eigenvalue weighted by molar-refractivity contribution is 5.94. The molecule has 4 aliphatic rings. The molecule has 8 heteroatoms. The Bertz CT molecular complexity index is 522. The molecular formula is C19H34N2O6. The summed E-state index contributed by atoms with van der Waals surface area (Å²) in [4.78, 5) is 17.8. The lowest BCUT2D eigenvalue weighted by Crippen LogP contribution is -2.81. The number of piperidine rings is 2. The van der Waals surface area contributed by atoms with E-state index >= 15 is 0 Å². The van der Waals surface area contributed by atoms with Crippen LogP contribution in [0.1, 0.15) is 27.7 Å². The van der Waals surface area contributed by atoms with Crippen molar-refractivity contribution in [2.75, 3.05) is 39.4 Å². The monoisotopic (exact) mass is 386 g/mol. The number of ketones is 1. The van der Waals surface area contributed by atoms with Gasteiger partial charge in [0.1, 0.15) is 18.3 Å². The highest BCUT2D eigenvalue weighted by atomic mass is 16.5. The maximum Gasteiger partial charge on any atom is 0.168 e. The fourth-order valence-electron chi connectivity index (χ4n) is 5.10. The number of nitrogens with zero attached hydrogens (tertiary/aromatic N) is 2. The molecule has 0 aromatic rings. The summed E-state index contributed by atoms with van der Waals surface area (Å²) >= 11 is 0. The third-order valence-corrected chi connectivity index (χ3v) is 7.07. The van der Waals surface area contributed by atoms with Gasteiger partial charge in [-0.05, 0) is 11.8 Å². The van der Waals surface area contributed by atoms with Crippen molar-refractivity contribution in [1.29, 1.82) is 0 Å². The zero-order chi connectivity index (χ0) is 20.1. The Labute approximate surface area is 160 Å². The molecule has 27 heavy (non-hydrogen) atoms. The first-order chi connectivity index (χ1) is 12.6. The van der Waals surface area contributed by atoms with Crippen LogP contribution in [0.2, 0.25) is 0 Å². The Hall–Kier alpha value is -0.610. The van der Waals surface area contributed by atoms with E-state index in [0.717, 1.165) is 0 Å². The molecule has 4 N–H and O–H groups in total. The second-order valence-electron chi connectivity index (χ2n) is 9.23. The molecule has 4 bridgehead atoms. The number of hydrogen-bond acceptors (Lipinski definition) is 8. The molecular weight excluding hydrogens is 352 g/mol. The van der Waals surface area contributed by atoms with Gasteiger partial charge in [0.25, 0.3) is 0 Å². The molecule has 4 rings (SSSR count). The summed E-state index contributed by atoms with van der Waals surface area (Å²) in [5.74, 6) is 0.830. The number of Topliss-reactive ketones (excluding diaryl/α,β-unsaturated/α-hetero) is 1. The van der Waals surface area contributed by atoms with Crippen LogP contribution >= 0.6 is 0 Å². The van der Waals surface area contributed by atoms with Gasteiger partial charge in [0.05, 0.1) is 24.0 Å². The van der Waals surface area contributed by atoms with Crippen molar-refractivity contribution in [1.82, 2.24) is 9.80 Å². The van der Waals surface area contributed by atoms with E-state index < -0.39 is 35.7 Å². The standard InChI is InChI=1S/C19H34N2O6/c1-11(2)18-7-20-9-19(12(3)4,16(18)26)10-21(8-18)17(20)27-6-14(24)15(25)13(23)5-22/h11-15,17,22-25H,5-10H2,1-4H3/t13-,14-,15-,17?,18?,19?/m0/s1. The van der Waals surface area contributed by atoms with Crippen LogP contribution in [0, 0.1) is 22.7 Å². The van der Waals surface area contributed by atoms with Crippen molar-refractivity contribution in [3.8, 4) is 0 Å². The highest BCUT2D eigenvalue weighted by Crippen LogP contribution is 2.54. The van der Waals surface area contributed by atoms with Crippen LogP contribution in [0.15, 0.2) is 0 Å². The molecule has 0 unspecified atom stereocenters. The van der Waals surface area contributed by atoms with Crippen LogP contribution in [0.3, 0.4) is 0 Å². The fourth-order valence-corrected chi connectivity index (χ4v) is 5.10. The van der Waals surface area contributed by atoms with Gasteiger partial charge < -0.3 is 25.2 Å². The van der Waals surface area contributed by atoms with Crippen molar-refractivity contribution >= 4 is 5.78 Å². The summed E-state index contributed by atoms with van der Waals surface area (Å²) in [5.41, 5.74) is -0.794. The zero-order valence-corrected chi connectivity index (χ0v) is 16.7. The molecule has 0 radical (unpaired) electrons. The molecule has 4 heterocycles. The number of ether oxygens (including phenoxy) is 1. The molecule has 8 nitrogen and oxygen atoms in total. The third kappa shape index (κ3) is 3.15. The van der Waals surface area contributed by atoms with E-state index in [1.54, 1.807) is 0 Å². The van der Waals surface area contributed by atoms with Gasteiger partial charge in [-0.15, -0.1) is 0 Å². The van der Waals surface area contributed by atoms with Gasteiger partial charge in [-0.1, -0.05) is 27.7 Å². The zero-order valence-electron chi connectivity index (χ0n) is 16.7. The molecule has 0 aliphatic carbocycles. The lowest BCUT2D eigenvalue weighted by Gasteiger charge is -2.67. The first kappa shape index (κ1) is 21.1. The van der Waals surface area contributed by atoms with Crippen LogP contribution in [-0.2, 0) is 9.53 Å². The summed E-state index contributed by atoms with van der Waals surface area (Å²) < 4.78 is 5.92. The van der Waals surface area contributed by atoms with Crippen LogP contribution in [-0.4, -0.2) is 100 Å². The summed E-state index contributed by atoms with van der Waals surface area (Å²) in [6.45, 7) is 10.2. The number of rotatable bonds is 8. The van der Waals surface area contributed by atoms with E-state index in [1.165, 1.54) is 0 Å². The Morgan fingerprint density at radius 2 is 1.41 bits per heavy atom. The summed E-state index contributed by atoms with van der Waals surface area (Å²) in [6.07, 6.45) is -4.53. The average Bonchev–Trinajstić information content (AvgIpc) is 2.61. The molecule has 4 saturated heterocycles. The van der Waals surface area contributed by atoms with Gasteiger partial charge in [0.15, 0.2) is 12.1 Å². The van der Waals surface area contributed by atoms with Crippen molar-refractivity contribution < 1.29 is 30.0 Å². The van der Waals surface area contributed by atoms with Crippen LogP contribution < -0.4 is 0 Å². The maximum atomic E-state index is 13.5. The molecule has 0 spiro atoms. The predicted octanol–water partition coefficient (Wildman–Crippen LogP) is -1.14. The van der Waals surface area contributed by atoms with E-state index in [-0.39, 0.29) is 24.8 Å². The quantitative estimate of drug-likeness (QED) is 0.414. The summed E-state index contributed by atoms with van der Waals surface area (Å²) in [5, 5.41) is 38.3. The Kier molecular flexibility index (Phi) is 5.73. The molecule has 0 aromatic heterocycles. The molecule has 0 aromatic carbocycles. The molecule has 0 amide bonds. The lowest BCUT2D eigenvalue weighted by molar-refractivity contribution is -0.282. The minimum Gasteiger partial charge on any atom is -0.394 e. The number of carbonyl (C=O) groups excluding carboxylic acids is 1. The van der Waals surface area contributed by atoms with Gasteiger partial charge >= 0.3 is 0 Å². The SMILES string of the molecule is CC(C)C12CN3CC(C(C)C)(CN(C1)C3OC[C@H](O)[C@@H](O)[C@@H](O)CO)C2=O. The van der Waals surface area contributed by atoms with E-state index in [1.807, 2.05) is 0 Å². The third-order valence-electron chi connectivity index (χ3n) is 7.07. The van der Waals surface area contributed by atoms with Gasteiger partial charge in [-0.3, -0.25) is 14.6 Å². The number of hydrogen-bond donors (Lipinski definition) is 4. The van der Waals surface area contributed by atoms with Crippen LogP contribution in [0.5, 0.6) is 0 Å². The average molecular weight is 386 g/mol. The van der Waals surface area contributed by atoms with Gasteiger partial charge in [0, 0.05) is 26.2 Å². The van der Waals surface area contributed by atoms with Crippen molar-refractivity contribution in [2.24, 2.45) is 22.7 Å². The predicted molar refractivity (Wildman–Crippen MR) is 97.5 cm³/mol. The van der Waals surface area contributed by atoms with E-state index in [0.29, 0.717) is 32.0 Å².